The average Bonchev–Trinajstić information content (AvgIpc) is 3.19. The number of thioether (sulfide) groups is 1. The van der Waals surface area contributed by atoms with Crippen LogP contribution in [-0.2, 0) is 20.8 Å². The van der Waals surface area contributed by atoms with Gasteiger partial charge in [0, 0.05) is 33.4 Å². The molecule has 1 fully saturated rings. The maximum Gasteiger partial charge on any atom is 0.262 e. The maximum absolute atomic E-state index is 13.0. The maximum atomic E-state index is 13.0. The van der Waals surface area contributed by atoms with Crippen LogP contribution in [0.2, 0.25) is 0 Å². The minimum atomic E-state index is -0.330. The summed E-state index contributed by atoms with van der Waals surface area (Å²) in [5.41, 5.74) is 0.634. The molecule has 0 N–H and O–H groups in total. The number of fused-ring (bicyclic) bond motifs is 3. The molecule has 0 spiro atoms. The third-order valence-corrected chi connectivity index (χ3v) is 6.19. The standard InChI is InChI=1S/C20H25N5O4S/c1-14(17(26)23-9-12-29-13-10-23)30-20-22-21-19-24(8-5-11-28-2)18(27)15-6-3-4-7-16(15)25(19)20/h3-4,6-7,14H,5,8-13H2,1-2H3. The molecule has 0 aliphatic carbocycles. The fourth-order valence-corrected chi connectivity index (χ4v) is 4.57. The van der Waals surface area contributed by atoms with Crippen molar-refractivity contribution in [2.75, 3.05) is 40.0 Å². The summed E-state index contributed by atoms with van der Waals surface area (Å²) in [5, 5.41) is 9.49. The molecule has 3 heterocycles. The van der Waals surface area contributed by atoms with E-state index in [1.807, 2.05) is 34.4 Å². The van der Waals surface area contributed by atoms with Gasteiger partial charge in [-0.05, 0) is 25.5 Å². The first kappa shape index (κ1) is 20.8. The van der Waals surface area contributed by atoms with Crippen LogP contribution in [0.4, 0.5) is 0 Å². The van der Waals surface area contributed by atoms with Gasteiger partial charge in [-0.25, -0.2) is 0 Å². The second-order valence-electron chi connectivity index (χ2n) is 7.14. The number of ether oxygens (including phenoxy) is 2. The van der Waals surface area contributed by atoms with Crippen molar-refractivity contribution in [3.63, 3.8) is 0 Å². The Morgan fingerprint density at radius 2 is 2.03 bits per heavy atom. The van der Waals surface area contributed by atoms with Gasteiger partial charge in [0.2, 0.25) is 11.7 Å². The molecule has 10 heteroatoms. The second-order valence-corrected chi connectivity index (χ2v) is 8.44. The summed E-state index contributed by atoms with van der Waals surface area (Å²) in [5.74, 6) is 0.529. The minimum absolute atomic E-state index is 0.0535. The van der Waals surface area contributed by atoms with Gasteiger partial charge in [-0.1, -0.05) is 23.9 Å². The molecular weight excluding hydrogens is 406 g/mol. The molecule has 1 aliphatic rings. The monoisotopic (exact) mass is 431 g/mol. The van der Waals surface area contributed by atoms with Crippen molar-refractivity contribution in [1.82, 2.24) is 24.1 Å². The zero-order chi connectivity index (χ0) is 21.1. The van der Waals surface area contributed by atoms with Crippen LogP contribution in [0.25, 0.3) is 16.7 Å². The number of carbonyl (C=O) groups is 1. The summed E-state index contributed by atoms with van der Waals surface area (Å²) in [6, 6.07) is 7.41. The van der Waals surface area contributed by atoms with E-state index in [0.717, 1.165) is 5.52 Å². The van der Waals surface area contributed by atoms with E-state index in [9.17, 15) is 9.59 Å². The van der Waals surface area contributed by atoms with Crippen LogP contribution in [0.15, 0.2) is 34.2 Å². The van der Waals surface area contributed by atoms with Gasteiger partial charge >= 0.3 is 0 Å². The fraction of sp³-hybridized carbons (Fsp3) is 0.500. The van der Waals surface area contributed by atoms with E-state index in [1.54, 1.807) is 17.7 Å². The number of benzene rings is 1. The third kappa shape index (κ3) is 3.94. The molecule has 2 aromatic heterocycles. The Morgan fingerprint density at radius 1 is 1.27 bits per heavy atom. The molecule has 1 aromatic carbocycles. The number of para-hydroxylation sites is 1. The molecule has 1 atom stereocenters. The molecule has 1 unspecified atom stereocenters. The Morgan fingerprint density at radius 3 is 2.80 bits per heavy atom. The number of aromatic nitrogens is 4. The summed E-state index contributed by atoms with van der Waals surface area (Å²) in [7, 11) is 1.64. The molecule has 30 heavy (non-hydrogen) atoms. The molecule has 9 nitrogen and oxygen atoms in total. The smallest absolute Gasteiger partial charge is 0.262 e. The van der Waals surface area contributed by atoms with Crippen molar-refractivity contribution in [2.24, 2.45) is 0 Å². The van der Waals surface area contributed by atoms with Gasteiger partial charge in [-0.2, -0.15) is 0 Å². The van der Waals surface area contributed by atoms with Crippen LogP contribution >= 0.6 is 11.8 Å². The average molecular weight is 432 g/mol. The SMILES string of the molecule is COCCCn1c(=O)c2ccccc2n2c(SC(C)C(=O)N3CCOCC3)nnc12. The lowest BCUT2D eigenvalue weighted by Crippen LogP contribution is -2.44. The van der Waals surface area contributed by atoms with Crippen LogP contribution < -0.4 is 5.56 Å². The number of carbonyl (C=O) groups excluding carboxylic acids is 1. The fourth-order valence-electron chi connectivity index (χ4n) is 3.63. The molecule has 0 saturated carbocycles. The number of hydrogen-bond acceptors (Lipinski definition) is 7. The Balaban J connectivity index is 1.72. The summed E-state index contributed by atoms with van der Waals surface area (Å²) in [6.45, 7) is 5.24. The van der Waals surface area contributed by atoms with Crippen molar-refractivity contribution >= 4 is 34.3 Å². The Hall–Kier alpha value is -2.43. The number of rotatable bonds is 7. The molecule has 1 amide bonds. The Kier molecular flexibility index (Phi) is 6.35. The van der Waals surface area contributed by atoms with Crippen molar-refractivity contribution in [3.05, 3.63) is 34.6 Å². The van der Waals surface area contributed by atoms with Crippen LogP contribution in [0.1, 0.15) is 13.3 Å². The van der Waals surface area contributed by atoms with E-state index in [1.165, 1.54) is 11.8 Å². The molecular formula is C20H25N5O4S. The first-order chi connectivity index (χ1) is 14.6. The minimum Gasteiger partial charge on any atom is -0.385 e. The number of nitrogens with zero attached hydrogens (tertiary/aromatic N) is 5. The summed E-state index contributed by atoms with van der Waals surface area (Å²) < 4.78 is 14.0. The van der Waals surface area contributed by atoms with Crippen LogP contribution in [0, 0.1) is 0 Å². The number of aryl methyl sites for hydroxylation is 1. The molecule has 0 bridgehead atoms. The second kappa shape index (κ2) is 9.15. The van der Waals surface area contributed by atoms with E-state index >= 15 is 0 Å². The van der Waals surface area contributed by atoms with Gasteiger partial charge in [0.25, 0.3) is 5.56 Å². The summed E-state index contributed by atoms with van der Waals surface area (Å²) >= 11 is 1.36. The predicted octanol–water partition coefficient (Wildman–Crippen LogP) is 1.42. The highest BCUT2D eigenvalue weighted by Crippen LogP contribution is 2.26. The van der Waals surface area contributed by atoms with E-state index in [0.29, 0.717) is 62.2 Å². The molecule has 3 aromatic rings. The third-order valence-electron chi connectivity index (χ3n) is 5.16. The normalized spacial score (nSPS) is 15.7. The zero-order valence-electron chi connectivity index (χ0n) is 17.1. The van der Waals surface area contributed by atoms with Crippen LogP contribution in [-0.4, -0.2) is 75.2 Å². The van der Waals surface area contributed by atoms with Crippen molar-refractivity contribution in [1.29, 1.82) is 0 Å². The van der Waals surface area contributed by atoms with E-state index in [-0.39, 0.29) is 16.7 Å². The molecule has 160 valence electrons. The van der Waals surface area contributed by atoms with E-state index < -0.39 is 0 Å². The molecule has 0 radical (unpaired) electrons. The number of hydrogen-bond donors (Lipinski definition) is 0. The largest absolute Gasteiger partial charge is 0.385 e. The molecule has 1 saturated heterocycles. The molecule has 1 aliphatic heterocycles. The van der Waals surface area contributed by atoms with Gasteiger partial charge in [0.05, 0.1) is 29.4 Å². The van der Waals surface area contributed by atoms with Crippen molar-refractivity contribution in [2.45, 2.75) is 30.3 Å². The summed E-state index contributed by atoms with van der Waals surface area (Å²) in [6.07, 6.45) is 0.686. The van der Waals surface area contributed by atoms with Crippen LogP contribution in [0.3, 0.4) is 0 Å². The molecule has 4 rings (SSSR count). The lowest BCUT2D eigenvalue weighted by Gasteiger charge is -2.28. The highest BCUT2D eigenvalue weighted by atomic mass is 32.2. The lowest BCUT2D eigenvalue weighted by molar-refractivity contribution is -0.134. The Labute approximate surface area is 178 Å². The predicted molar refractivity (Wildman–Crippen MR) is 114 cm³/mol. The quantitative estimate of drug-likeness (QED) is 0.413. The number of amides is 1. The highest BCUT2D eigenvalue weighted by Gasteiger charge is 2.26. The van der Waals surface area contributed by atoms with Crippen molar-refractivity contribution in [3.8, 4) is 0 Å². The number of morpholine rings is 1. The lowest BCUT2D eigenvalue weighted by atomic mass is 10.2. The summed E-state index contributed by atoms with van der Waals surface area (Å²) in [4.78, 5) is 27.7. The van der Waals surface area contributed by atoms with Gasteiger partial charge < -0.3 is 14.4 Å². The first-order valence-corrected chi connectivity index (χ1v) is 10.9. The van der Waals surface area contributed by atoms with Gasteiger partial charge in [0.15, 0.2) is 5.16 Å². The number of methoxy groups -OCH3 is 1. The van der Waals surface area contributed by atoms with E-state index in [4.69, 9.17) is 9.47 Å². The van der Waals surface area contributed by atoms with Gasteiger partial charge in [-0.3, -0.25) is 18.6 Å². The highest BCUT2D eigenvalue weighted by molar-refractivity contribution is 8.00. The Bertz CT molecular complexity index is 1110. The van der Waals surface area contributed by atoms with E-state index in [2.05, 4.69) is 10.2 Å². The van der Waals surface area contributed by atoms with Crippen LogP contribution in [0.5, 0.6) is 0 Å². The topological polar surface area (TPSA) is 91.0 Å². The first-order valence-electron chi connectivity index (χ1n) is 10.0. The van der Waals surface area contributed by atoms with Gasteiger partial charge in [-0.15, -0.1) is 10.2 Å². The zero-order valence-corrected chi connectivity index (χ0v) is 17.9. The van der Waals surface area contributed by atoms with Gasteiger partial charge in [0.1, 0.15) is 0 Å². The van der Waals surface area contributed by atoms with Crippen molar-refractivity contribution < 1.29 is 14.3 Å².